The molecule has 0 bridgehead atoms. The lowest BCUT2D eigenvalue weighted by Gasteiger charge is -2.42. The van der Waals surface area contributed by atoms with Gasteiger partial charge in [-0.25, -0.2) is 9.59 Å². The molecule has 116 valence electrons. The van der Waals surface area contributed by atoms with E-state index in [1.165, 1.54) is 0 Å². The van der Waals surface area contributed by atoms with Crippen molar-refractivity contribution in [3.05, 3.63) is 9.75 Å². The maximum atomic E-state index is 11.3. The first-order valence-electron chi connectivity index (χ1n) is 6.50. The summed E-state index contributed by atoms with van der Waals surface area (Å²) in [5.41, 5.74) is -1.07. The normalized spacial score (nSPS) is 23.9. The number of hydrogen-bond acceptors (Lipinski definition) is 6. The van der Waals surface area contributed by atoms with Gasteiger partial charge in [0.2, 0.25) is 0 Å². The van der Waals surface area contributed by atoms with Crippen LogP contribution in [-0.2, 0) is 0 Å². The number of carbonyl (C=O) groups is 2. The summed E-state index contributed by atoms with van der Waals surface area (Å²) in [5.74, 6) is -2.72. The fraction of sp³-hybridized carbons (Fsp3) is 0.538. The zero-order chi connectivity index (χ0) is 15.8. The maximum absolute atomic E-state index is 11.3. The SMILES string of the molecule is CCC1Oc2c(C(=O)O)sc(C(=O)O)c2OC1(CC)CO. The first-order chi connectivity index (χ1) is 9.90. The molecule has 0 amide bonds. The summed E-state index contributed by atoms with van der Waals surface area (Å²) in [5, 5.41) is 28.0. The van der Waals surface area contributed by atoms with Crippen molar-refractivity contribution in [2.45, 2.75) is 38.4 Å². The van der Waals surface area contributed by atoms with E-state index >= 15 is 0 Å². The number of fused-ring (bicyclic) bond motifs is 1. The maximum Gasteiger partial charge on any atom is 0.349 e. The van der Waals surface area contributed by atoms with Gasteiger partial charge in [0, 0.05) is 0 Å². The van der Waals surface area contributed by atoms with E-state index in [4.69, 9.17) is 9.47 Å². The molecule has 0 saturated carbocycles. The van der Waals surface area contributed by atoms with Crippen LogP contribution >= 0.6 is 11.3 Å². The Hall–Kier alpha value is -1.80. The summed E-state index contributed by atoms with van der Waals surface area (Å²) < 4.78 is 11.4. The predicted octanol–water partition coefficient (Wildman–Crippen LogP) is 1.84. The molecule has 1 aliphatic rings. The zero-order valence-corrected chi connectivity index (χ0v) is 12.4. The topological polar surface area (TPSA) is 113 Å². The van der Waals surface area contributed by atoms with Gasteiger partial charge >= 0.3 is 11.9 Å². The van der Waals surface area contributed by atoms with Gasteiger partial charge in [-0.2, -0.15) is 0 Å². The van der Waals surface area contributed by atoms with E-state index in [1.54, 1.807) is 6.92 Å². The van der Waals surface area contributed by atoms with Crippen molar-refractivity contribution in [2.24, 2.45) is 0 Å². The van der Waals surface area contributed by atoms with Crippen LogP contribution in [0.1, 0.15) is 46.0 Å². The molecule has 0 aromatic carbocycles. The Bertz CT molecular complexity index is 573. The molecule has 2 rings (SSSR count). The smallest absolute Gasteiger partial charge is 0.349 e. The Kier molecular flexibility index (Phi) is 4.11. The van der Waals surface area contributed by atoms with Crippen molar-refractivity contribution < 1.29 is 34.4 Å². The van der Waals surface area contributed by atoms with E-state index in [-0.39, 0.29) is 27.9 Å². The van der Waals surface area contributed by atoms with Gasteiger partial charge in [0.1, 0.15) is 6.10 Å². The van der Waals surface area contributed by atoms with Crippen molar-refractivity contribution in [1.82, 2.24) is 0 Å². The Balaban J connectivity index is 2.61. The first kappa shape index (κ1) is 15.6. The number of rotatable bonds is 5. The summed E-state index contributed by atoms with van der Waals surface area (Å²) >= 11 is 0.595. The largest absolute Gasteiger partial charge is 0.480 e. The molecule has 2 unspecified atom stereocenters. The number of carboxylic acids is 2. The fourth-order valence-electron chi connectivity index (χ4n) is 2.40. The molecule has 2 heterocycles. The standard InChI is InChI=1S/C13H16O7S/c1-3-6-13(4-2,5-14)20-8-7(19-6)9(11(15)16)21-10(8)12(17)18/h6,14H,3-5H2,1-2H3,(H,15,16)(H,17,18). The molecular formula is C13H16O7S. The van der Waals surface area contributed by atoms with Crippen LogP contribution in [0, 0.1) is 0 Å². The van der Waals surface area contributed by atoms with Crippen LogP contribution in [0.4, 0.5) is 0 Å². The molecule has 3 N–H and O–H groups in total. The van der Waals surface area contributed by atoms with Gasteiger partial charge in [-0.05, 0) is 12.8 Å². The predicted molar refractivity (Wildman–Crippen MR) is 73.7 cm³/mol. The number of aliphatic hydroxyl groups is 1. The quantitative estimate of drug-likeness (QED) is 0.759. The van der Waals surface area contributed by atoms with Crippen LogP contribution in [-0.4, -0.2) is 45.6 Å². The van der Waals surface area contributed by atoms with E-state index < -0.39 is 23.6 Å². The molecule has 21 heavy (non-hydrogen) atoms. The average Bonchev–Trinajstić information content (AvgIpc) is 2.83. The van der Waals surface area contributed by atoms with E-state index in [9.17, 15) is 24.9 Å². The Morgan fingerprint density at radius 2 is 1.76 bits per heavy atom. The molecule has 2 atom stereocenters. The van der Waals surface area contributed by atoms with Crippen molar-refractivity contribution in [3.8, 4) is 11.5 Å². The first-order valence-corrected chi connectivity index (χ1v) is 7.31. The van der Waals surface area contributed by atoms with Gasteiger partial charge in [0.05, 0.1) is 6.61 Å². The number of carboxylic acid groups (broad SMARTS) is 2. The highest BCUT2D eigenvalue weighted by Gasteiger charge is 2.48. The van der Waals surface area contributed by atoms with E-state index in [1.807, 2.05) is 6.92 Å². The second-order valence-electron chi connectivity index (χ2n) is 4.72. The molecule has 0 aliphatic carbocycles. The monoisotopic (exact) mass is 316 g/mol. The molecule has 0 fully saturated rings. The molecule has 1 aromatic rings. The molecule has 7 nitrogen and oxygen atoms in total. The minimum Gasteiger partial charge on any atom is -0.480 e. The van der Waals surface area contributed by atoms with Gasteiger partial charge in [0.15, 0.2) is 26.9 Å². The highest BCUT2D eigenvalue weighted by Crippen LogP contribution is 2.49. The summed E-state index contributed by atoms with van der Waals surface area (Å²) in [6.45, 7) is 3.26. The fourth-order valence-corrected chi connectivity index (χ4v) is 3.24. The average molecular weight is 316 g/mol. The molecule has 0 spiro atoms. The second kappa shape index (κ2) is 5.53. The van der Waals surface area contributed by atoms with Gasteiger partial charge in [-0.3, -0.25) is 0 Å². The van der Waals surface area contributed by atoms with Gasteiger partial charge in [-0.15, -0.1) is 11.3 Å². The summed E-state index contributed by atoms with van der Waals surface area (Å²) in [4.78, 5) is 22.1. The lowest BCUT2D eigenvalue weighted by atomic mass is 9.91. The number of aliphatic hydroxyl groups excluding tert-OH is 1. The van der Waals surface area contributed by atoms with Crippen LogP contribution in [0.15, 0.2) is 0 Å². The van der Waals surface area contributed by atoms with Gasteiger partial charge in [-0.1, -0.05) is 13.8 Å². The molecule has 0 saturated heterocycles. The molecular weight excluding hydrogens is 300 g/mol. The van der Waals surface area contributed by atoms with Gasteiger partial charge in [0.25, 0.3) is 0 Å². The highest BCUT2D eigenvalue weighted by molar-refractivity contribution is 7.16. The van der Waals surface area contributed by atoms with Crippen molar-refractivity contribution in [3.63, 3.8) is 0 Å². The third kappa shape index (κ3) is 2.34. The minimum absolute atomic E-state index is 0.0609. The van der Waals surface area contributed by atoms with E-state index in [2.05, 4.69) is 0 Å². The summed E-state index contributed by atoms with van der Waals surface area (Å²) in [6, 6.07) is 0. The summed E-state index contributed by atoms with van der Waals surface area (Å²) in [7, 11) is 0. The van der Waals surface area contributed by atoms with Crippen molar-refractivity contribution in [2.75, 3.05) is 6.61 Å². The number of ether oxygens (including phenoxy) is 2. The third-order valence-corrected chi connectivity index (χ3v) is 4.73. The van der Waals surface area contributed by atoms with Crippen LogP contribution in [0.3, 0.4) is 0 Å². The molecule has 0 radical (unpaired) electrons. The van der Waals surface area contributed by atoms with E-state index in [0.717, 1.165) is 0 Å². The van der Waals surface area contributed by atoms with Crippen LogP contribution in [0.5, 0.6) is 11.5 Å². The third-order valence-electron chi connectivity index (χ3n) is 3.60. The second-order valence-corrected chi connectivity index (χ2v) is 5.74. The van der Waals surface area contributed by atoms with Crippen LogP contribution in [0.25, 0.3) is 0 Å². The van der Waals surface area contributed by atoms with E-state index in [0.29, 0.717) is 24.2 Å². The van der Waals surface area contributed by atoms with Crippen molar-refractivity contribution >= 4 is 23.3 Å². The van der Waals surface area contributed by atoms with Crippen molar-refractivity contribution in [1.29, 1.82) is 0 Å². The van der Waals surface area contributed by atoms with Crippen LogP contribution < -0.4 is 9.47 Å². The molecule has 1 aromatic heterocycles. The minimum atomic E-state index is -1.29. The lowest BCUT2D eigenvalue weighted by molar-refractivity contribution is -0.0996. The zero-order valence-electron chi connectivity index (χ0n) is 11.6. The summed E-state index contributed by atoms with van der Waals surface area (Å²) in [6.07, 6.45) is 0.346. The lowest BCUT2D eigenvalue weighted by Crippen LogP contribution is -2.55. The van der Waals surface area contributed by atoms with Gasteiger partial charge < -0.3 is 24.8 Å². The van der Waals surface area contributed by atoms with Crippen LogP contribution in [0.2, 0.25) is 0 Å². The number of aromatic carboxylic acids is 2. The number of hydrogen-bond donors (Lipinski definition) is 3. The Morgan fingerprint density at radius 3 is 2.19 bits per heavy atom. The molecule has 8 heteroatoms. The highest BCUT2D eigenvalue weighted by atomic mass is 32.1. The Morgan fingerprint density at radius 1 is 1.19 bits per heavy atom. The molecule has 1 aliphatic heterocycles. The number of thiophene rings is 1. The Labute approximate surface area is 124 Å².